The monoisotopic (exact) mass is 294 g/mol. The fraction of sp³-hybridized carbons (Fsp3) is 0.231. The number of rotatable bonds is 5. The molecule has 4 N–H and O–H groups in total. The first kappa shape index (κ1) is 14.4. The highest BCUT2D eigenvalue weighted by Gasteiger charge is 2.05. The molecule has 0 aliphatic heterocycles. The zero-order valence-corrected chi connectivity index (χ0v) is 11.7. The Morgan fingerprint density at radius 2 is 2.25 bits per heavy atom. The summed E-state index contributed by atoms with van der Waals surface area (Å²) >= 11 is 1.59. The molecule has 0 atom stereocenters. The van der Waals surface area contributed by atoms with E-state index in [1.54, 1.807) is 17.4 Å². The average Bonchev–Trinajstić information content (AvgIpc) is 2.83. The van der Waals surface area contributed by atoms with Gasteiger partial charge in [0.1, 0.15) is 5.82 Å². The van der Waals surface area contributed by atoms with E-state index in [1.807, 2.05) is 12.3 Å². The molecule has 5 nitrogen and oxygen atoms in total. The molecule has 0 aliphatic carbocycles. The molecule has 2 rings (SSSR count). The van der Waals surface area contributed by atoms with Crippen LogP contribution in [-0.2, 0) is 13.1 Å². The summed E-state index contributed by atoms with van der Waals surface area (Å²) in [5.74, 6) is -0.531. The molecule has 0 radical (unpaired) electrons. The summed E-state index contributed by atoms with van der Waals surface area (Å²) in [7, 11) is 0. The Bertz CT molecular complexity index is 627. The van der Waals surface area contributed by atoms with E-state index in [-0.39, 0.29) is 5.84 Å². The molecular weight excluding hydrogens is 279 g/mol. The smallest absolute Gasteiger partial charge is 0.170 e. The minimum absolute atomic E-state index is 0.110. The lowest BCUT2D eigenvalue weighted by atomic mass is 10.1. The topological polar surface area (TPSA) is 83.5 Å². The number of thiazole rings is 1. The second-order valence-electron chi connectivity index (χ2n) is 4.29. The Hall–Kier alpha value is -1.99. The summed E-state index contributed by atoms with van der Waals surface area (Å²) in [6.45, 7) is 3.03. The van der Waals surface area contributed by atoms with Crippen molar-refractivity contribution in [3.8, 4) is 0 Å². The zero-order chi connectivity index (χ0) is 14.5. The lowest BCUT2D eigenvalue weighted by Crippen LogP contribution is -2.16. The Morgan fingerprint density at radius 1 is 1.45 bits per heavy atom. The van der Waals surface area contributed by atoms with Crippen molar-refractivity contribution in [3.05, 3.63) is 51.2 Å². The Kier molecular flexibility index (Phi) is 4.65. The number of halogens is 1. The summed E-state index contributed by atoms with van der Waals surface area (Å²) in [6, 6.07) is 4.31. The molecule has 0 aliphatic rings. The third kappa shape index (κ3) is 3.75. The van der Waals surface area contributed by atoms with Crippen molar-refractivity contribution in [2.24, 2.45) is 10.9 Å². The maximum absolute atomic E-state index is 13.4. The van der Waals surface area contributed by atoms with Gasteiger partial charge >= 0.3 is 0 Å². The van der Waals surface area contributed by atoms with Crippen molar-refractivity contribution in [2.75, 3.05) is 0 Å². The molecule has 0 bridgehead atoms. The van der Waals surface area contributed by atoms with Crippen LogP contribution in [-0.4, -0.2) is 16.0 Å². The number of hydrogen-bond donors (Lipinski definition) is 3. The number of hydrogen-bond acceptors (Lipinski definition) is 5. The molecule has 106 valence electrons. The number of aromatic nitrogens is 1. The van der Waals surface area contributed by atoms with E-state index in [0.29, 0.717) is 18.7 Å². The number of aryl methyl sites for hydroxylation is 1. The summed E-state index contributed by atoms with van der Waals surface area (Å²) in [5.41, 5.74) is 7.49. The van der Waals surface area contributed by atoms with Crippen LogP contribution in [0.5, 0.6) is 0 Å². The van der Waals surface area contributed by atoms with Gasteiger partial charge in [-0.05, 0) is 30.7 Å². The van der Waals surface area contributed by atoms with E-state index in [0.717, 1.165) is 16.3 Å². The molecule has 1 aromatic carbocycles. The normalized spacial score (nSPS) is 11.8. The maximum Gasteiger partial charge on any atom is 0.170 e. The van der Waals surface area contributed by atoms with Gasteiger partial charge in [-0.1, -0.05) is 5.16 Å². The number of nitrogens with one attached hydrogen (secondary N) is 1. The van der Waals surface area contributed by atoms with Gasteiger partial charge in [0.05, 0.1) is 10.7 Å². The Labute approximate surface area is 120 Å². The minimum Gasteiger partial charge on any atom is -0.409 e. The van der Waals surface area contributed by atoms with Crippen LogP contribution in [0.4, 0.5) is 4.39 Å². The van der Waals surface area contributed by atoms with E-state index in [1.165, 1.54) is 12.1 Å². The van der Waals surface area contributed by atoms with Crippen LogP contribution in [0.25, 0.3) is 0 Å². The molecular formula is C13H15FN4OS. The Morgan fingerprint density at radius 3 is 2.90 bits per heavy atom. The number of nitrogens with zero attached hydrogens (tertiary/aromatic N) is 2. The van der Waals surface area contributed by atoms with Crippen molar-refractivity contribution in [1.82, 2.24) is 10.3 Å². The maximum atomic E-state index is 13.4. The highest BCUT2D eigenvalue weighted by atomic mass is 32.1. The summed E-state index contributed by atoms with van der Waals surface area (Å²) in [6.07, 6.45) is 0. The van der Waals surface area contributed by atoms with Crippen molar-refractivity contribution < 1.29 is 9.60 Å². The fourth-order valence-corrected chi connectivity index (χ4v) is 2.40. The summed E-state index contributed by atoms with van der Waals surface area (Å²) in [4.78, 5) is 4.33. The van der Waals surface area contributed by atoms with E-state index >= 15 is 0 Å². The van der Waals surface area contributed by atoms with Gasteiger partial charge in [-0.25, -0.2) is 9.37 Å². The van der Waals surface area contributed by atoms with Crippen molar-refractivity contribution >= 4 is 17.2 Å². The van der Waals surface area contributed by atoms with E-state index in [4.69, 9.17) is 10.9 Å². The van der Waals surface area contributed by atoms with Gasteiger partial charge in [0.2, 0.25) is 0 Å². The van der Waals surface area contributed by atoms with E-state index < -0.39 is 5.82 Å². The number of benzene rings is 1. The van der Waals surface area contributed by atoms with Gasteiger partial charge < -0.3 is 16.3 Å². The predicted molar refractivity (Wildman–Crippen MR) is 76.3 cm³/mol. The standard InChI is InChI=1S/C13H15FN4OS/c1-8-17-12(7-20-8)6-16-5-9-2-10(13(15)18-19)4-11(14)3-9/h2-4,7,16,19H,5-6H2,1H3,(H2,15,18). The van der Waals surface area contributed by atoms with Crippen LogP contribution >= 0.6 is 11.3 Å². The first-order valence-electron chi connectivity index (χ1n) is 5.97. The molecule has 0 saturated heterocycles. The quantitative estimate of drug-likeness (QED) is 0.341. The highest BCUT2D eigenvalue weighted by molar-refractivity contribution is 7.09. The lowest BCUT2D eigenvalue weighted by Gasteiger charge is -2.06. The molecule has 0 amide bonds. The number of amidine groups is 1. The number of oxime groups is 1. The third-order valence-corrected chi connectivity index (χ3v) is 3.49. The predicted octanol–water partition coefficient (Wildman–Crippen LogP) is 1.97. The highest BCUT2D eigenvalue weighted by Crippen LogP contribution is 2.11. The van der Waals surface area contributed by atoms with E-state index in [2.05, 4.69) is 15.5 Å². The van der Waals surface area contributed by atoms with Gasteiger partial charge in [0, 0.05) is 24.0 Å². The van der Waals surface area contributed by atoms with Crippen molar-refractivity contribution in [1.29, 1.82) is 0 Å². The minimum atomic E-state index is -0.421. The molecule has 1 aromatic heterocycles. The van der Waals surface area contributed by atoms with Crippen LogP contribution in [0.2, 0.25) is 0 Å². The largest absolute Gasteiger partial charge is 0.409 e. The zero-order valence-electron chi connectivity index (χ0n) is 10.9. The molecule has 1 heterocycles. The molecule has 0 saturated carbocycles. The fourth-order valence-electron chi connectivity index (χ4n) is 1.78. The molecule has 0 spiro atoms. The van der Waals surface area contributed by atoms with Gasteiger partial charge in [-0.15, -0.1) is 11.3 Å². The lowest BCUT2D eigenvalue weighted by molar-refractivity contribution is 0.318. The summed E-state index contributed by atoms with van der Waals surface area (Å²) in [5, 5.41) is 17.7. The van der Waals surface area contributed by atoms with Crippen LogP contribution in [0, 0.1) is 12.7 Å². The van der Waals surface area contributed by atoms with E-state index in [9.17, 15) is 4.39 Å². The average molecular weight is 294 g/mol. The van der Waals surface area contributed by atoms with Gasteiger partial charge in [0.15, 0.2) is 5.84 Å². The summed E-state index contributed by atoms with van der Waals surface area (Å²) < 4.78 is 13.4. The SMILES string of the molecule is Cc1nc(CNCc2cc(F)cc(/C(N)=N/O)c2)cs1. The van der Waals surface area contributed by atoms with Crippen molar-refractivity contribution in [3.63, 3.8) is 0 Å². The first-order valence-corrected chi connectivity index (χ1v) is 6.85. The third-order valence-electron chi connectivity index (χ3n) is 2.66. The molecule has 0 unspecified atom stereocenters. The second-order valence-corrected chi connectivity index (χ2v) is 5.36. The first-order chi connectivity index (χ1) is 9.58. The van der Waals surface area contributed by atoms with Crippen LogP contribution in [0.1, 0.15) is 21.8 Å². The van der Waals surface area contributed by atoms with Gasteiger partial charge in [-0.2, -0.15) is 0 Å². The molecule has 20 heavy (non-hydrogen) atoms. The number of nitrogens with two attached hydrogens (primary N) is 1. The molecule has 7 heteroatoms. The van der Waals surface area contributed by atoms with Crippen LogP contribution < -0.4 is 11.1 Å². The van der Waals surface area contributed by atoms with Crippen LogP contribution in [0.3, 0.4) is 0 Å². The van der Waals surface area contributed by atoms with Crippen molar-refractivity contribution in [2.45, 2.75) is 20.0 Å². The van der Waals surface area contributed by atoms with Gasteiger partial charge in [0.25, 0.3) is 0 Å². The second kappa shape index (κ2) is 6.44. The van der Waals surface area contributed by atoms with Crippen LogP contribution in [0.15, 0.2) is 28.7 Å². The Balaban J connectivity index is 2.00. The molecule has 2 aromatic rings. The molecule has 0 fully saturated rings. The van der Waals surface area contributed by atoms with Gasteiger partial charge in [-0.3, -0.25) is 0 Å².